The van der Waals surface area contributed by atoms with Gasteiger partial charge in [-0.2, -0.15) is 0 Å². The van der Waals surface area contributed by atoms with Crippen LogP contribution in [0.5, 0.6) is 0 Å². The van der Waals surface area contributed by atoms with Crippen molar-refractivity contribution in [2.75, 3.05) is 11.9 Å². The van der Waals surface area contributed by atoms with Gasteiger partial charge in [0.1, 0.15) is 0 Å². The van der Waals surface area contributed by atoms with E-state index in [2.05, 4.69) is 16.0 Å². The van der Waals surface area contributed by atoms with Gasteiger partial charge in [-0.1, -0.05) is 19.1 Å². The third kappa shape index (κ3) is 5.66. The fraction of sp³-hybridized carbons (Fsp3) is 0.640. The molecule has 31 heavy (non-hydrogen) atoms. The summed E-state index contributed by atoms with van der Waals surface area (Å²) >= 11 is 0. The van der Waals surface area contributed by atoms with Gasteiger partial charge in [0.25, 0.3) is 0 Å². The molecule has 1 aromatic rings. The Hall–Kier alpha value is -2.37. The molecule has 0 aromatic heterocycles. The Balaban J connectivity index is 1.17. The number of amides is 3. The van der Waals surface area contributed by atoms with E-state index in [-0.39, 0.29) is 29.7 Å². The number of benzene rings is 1. The zero-order valence-electron chi connectivity index (χ0n) is 18.5. The van der Waals surface area contributed by atoms with Crippen LogP contribution in [0, 0.1) is 23.2 Å². The molecule has 3 amide bonds. The fourth-order valence-corrected chi connectivity index (χ4v) is 6.51. The van der Waals surface area contributed by atoms with Crippen molar-refractivity contribution in [3.8, 4) is 0 Å². The number of hydrogen-bond acceptors (Lipinski definition) is 3. The van der Waals surface area contributed by atoms with Gasteiger partial charge in [0.15, 0.2) is 0 Å². The van der Waals surface area contributed by atoms with Crippen LogP contribution in [0.3, 0.4) is 0 Å². The van der Waals surface area contributed by atoms with Crippen molar-refractivity contribution in [2.24, 2.45) is 23.2 Å². The summed E-state index contributed by atoms with van der Waals surface area (Å²) in [6.45, 7) is 2.39. The average molecular weight is 426 g/mol. The zero-order valence-corrected chi connectivity index (χ0v) is 18.5. The molecule has 5 rings (SSSR count). The van der Waals surface area contributed by atoms with E-state index in [0.29, 0.717) is 19.4 Å². The fourth-order valence-electron chi connectivity index (χ4n) is 6.51. The van der Waals surface area contributed by atoms with Crippen LogP contribution >= 0.6 is 0 Å². The first-order valence-corrected chi connectivity index (χ1v) is 11.9. The smallest absolute Gasteiger partial charge is 0.239 e. The maximum absolute atomic E-state index is 12.6. The molecule has 6 nitrogen and oxygen atoms in total. The van der Waals surface area contributed by atoms with Crippen LogP contribution in [0.2, 0.25) is 0 Å². The second kappa shape index (κ2) is 9.41. The van der Waals surface area contributed by atoms with Gasteiger partial charge in [-0.3, -0.25) is 14.4 Å². The van der Waals surface area contributed by atoms with Gasteiger partial charge in [-0.25, -0.2) is 0 Å². The molecule has 0 unspecified atom stereocenters. The van der Waals surface area contributed by atoms with E-state index in [0.717, 1.165) is 35.4 Å². The Morgan fingerprint density at radius 1 is 0.871 bits per heavy atom. The average Bonchev–Trinajstić information content (AvgIpc) is 2.70. The lowest BCUT2D eigenvalue weighted by atomic mass is 9.49. The lowest BCUT2D eigenvalue weighted by Gasteiger charge is -2.56. The first-order chi connectivity index (χ1) is 14.9. The monoisotopic (exact) mass is 425 g/mol. The Morgan fingerprint density at radius 2 is 1.48 bits per heavy atom. The van der Waals surface area contributed by atoms with Crippen molar-refractivity contribution in [3.63, 3.8) is 0 Å². The minimum Gasteiger partial charge on any atom is -0.350 e. The summed E-state index contributed by atoms with van der Waals surface area (Å²) in [6, 6.07) is 7.44. The second-order valence-corrected chi connectivity index (χ2v) is 10.1. The van der Waals surface area contributed by atoms with E-state index >= 15 is 0 Å². The van der Waals surface area contributed by atoms with Crippen LogP contribution in [-0.2, 0) is 20.9 Å². The molecule has 0 atom stereocenters. The lowest BCUT2D eigenvalue weighted by molar-refractivity contribution is -0.132. The van der Waals surface area contributed by atoms with E-state index in [9.17, 15) is 14.4 Å². The first-order valence-electron chi connectivity index (χ1n) is 11.9. The number of anilines is 1. The van der Waals surface area contributed by atoms with E-state index in [4.69, 9.17) is 0 Å². The van der Waals surface area contributed by atoms with Gasteiger partial charge in [0, 0.05) is 25.1 Å². The third-order valence-electron chi connectivity index (χ3n) is 7.35. The Bertz CT molecular complexity index is 783. The molecular weight excluding hydrogens is 390 g/mol. The van der Waals surface area contributed by atoms with Crippen LogP contribution in [0.1, 0.15) is 70.3 Å². The SMILES string of the molecule is CCCC(=O)Nc1ccc(CNC(=O)CNC(=O)CC23CC4CC(CC(C4)C2)C3)cc1. The van der Waals surface area contributed by atoms with Crippen molar-refractivity contribution in [1.29, 1.82) is 0 Å². The Morgan fingerprint density at radius 3 is 2.06 bits per heavy atom. The highest BCUT2D eigenvalue weighted by atomic mass is 16.2. The number of nitrogens with one attached hydrogen (secondary N) is 3. The molecule has 4 bridgehead atoms. The normalized spacial score (nSPS) is 28.2. The highest BCUT2D eigenvalue weighted by Gasteiger charge is 2.51. The Labute approximate surface area is 184 Å². The van der Waals surface area contributed by atoms with Crippen LogP contribution in [0.4, 0.5) is 5.69 Å². The molecule has 1 aromatic carbocycles. The minimum absolute atomic E-state index is 0.00726. The first kappa shape index (κ1) is 21.8. The predicted octanol–water partition coefficient (Wildman–Crippen LogP) is 3.76. The summed E-state index contributed by atoms with van der Waals surface area (Å²) in [6.07, 6.45) is 9.62. The van der Waals surface area contributed by atoms with Gasteiger partial charge in [-0.05, 0) is 85.8 Å². The summed E-state index contributed by atoms with van der Waals surface area (Å²) in [5.74, 6) is 2.33. The molecule has 4 fully saturated rings. The molecule has 4 aliphatic rings. The van der Waals surface area contributed by atoms with E-state index < -0.39 is 0 Å². The molecular formula is C25H35N3O3. The molecule has 4 saturated carbocycles. The zero-order chi connectivity index (χ0) is 21.8. The third-order valence-corrected chi connectivity index (χ3v) is 7.35. The van der Waals surface area contributed by atoms with Crippen LogP contribution in [-0.4, -0.2) is 24.3 Å². The van der Waals surface area contributed by atoms with Gasteiger partial charge in [-0.15, -0.1) is 0 Å². The van der Waals surface area contributed by atoms with Gasteiger partial charge >= 0.3 is 0 Å². The van der Waals surface area contributed by atoms with E-state index in [1.54, 1.807) is 0 Å². The predicted molar refractivity (Wildman–Crippen MR) is 120 cm³/mol. The van der Waals surface area contributed by atoms with Crippen molar-refractivity contribution < 1.29 is 14.4 Å². The Kier molecular flexibility index (Phi) is 6.63. The van der Waals surface area contributed by atoms with Crippen molar-refractivity contribution in [3.05, 3.63) is 29.8 Å². The molecule has 168 valence electrons. The lowest BCUT2D eigenvalue weighted by Crippen LogP contribution is -2.48. The standard InChI is InChI=1S/C25H35N3O3/c1-2-3-22(29)28-21-6-4-17(5-7-21)15-26-24(31)16-27-23(30)14-25-11-18-8-19(12-25)10-20(9-18)13-25/h4-7,18-20H,2-3,8-16H2,1H3,(H,26,31)(H,27,30)(H,28,29). The number of carbonyl (C=O) groups is 3. The summed E-state index contributed by atoms with van der Waals surface area (Å²) < 4.78 is 0. The quantitative estimate of drug-likeness (QED) is 0.563. The highest BCUT2D eigenvalue weighted by Crippen LogP contribution is 2.61. The molecule has 4 aliphatic carbocycles. The number of hydrogen-bond donors (Lipinski definition) is 3. The van der Waals surface area contributed by atoms with Gasteiger partial charge in [0.05, 0.1) is 6.54 Å². The molecule has 6 heteroatoms. The minimum atomic E-state index is -0.181. The van der Waals surface area contributed by atoms with Crippen molar-refractivity contribution >= 4 is 23.4 Å². The van der Waals surface area contributed by atoms with Crippen LogP contribution < -0.4 is 16.0 Å². The molecule has 0 saturated heterocycles. The summed E-state index contributed by atoms with van der Waals surface area (Å²) in [5.41, 5.74) is 1.90. The van der Waals surface area contributed by atoms with Crippen molar-refractivity contribution in [2.45, 2.75) is 71.3 Å². The molecule has 0 radical (unpaired) electrons. The van der Waals surface area contributed by atoms with Crippen LogP contribution in [0.15, 0.2) is 24.3 Å². The molecule has 0 spiro atoms. The molecule has 3 N–H and O–H groups in total. The summed E-state index contributed by atoms with van der Waals surface area (Å²) in [5, 5.41) is 8.54. The van der Waals surface area contributed by atoms with Gasteiger partial charge < -0.3 is 16.0 Å². The maximum atomic E-state index is 12.6. The number of rotatable bonds is 9. The largest absolute Gasteiger partial charge is 0.350 e. The second-order valence-electron chi connectivity index (χ2n) is 10.1. The summed E-state index contributed by atoms with van der Waals surface area (Å²) in [4.78, 5) is 36.4. The topological polar surface area (TPSA) is 87.3 Å². The maximum Gasteiger partial charge on any atom is 0.239 e. The van der Waals surface area contributed by atoms with Crippen molar-refractivity contribution in [1.82, 2.24) is 10.6 Å². The summed E-state index contributed by atoms with van der Waals surface area (Å²) in [7, 11) is 0. The van der Waals surface area contributed by atoms with E-state index in [1.165, 1.54) is 38.5 Å². The molecule has 0 heterocycles. The van der Waals surface area contributed by atoms with E-state index in [1.807, 2.05) is 31.2 Å². The highest BCUT2D eigenvalue weighted by molar-refractivity contribution is 5.90. The number of carbonyl (C=O) groups excluding carboxylic acids is 3. The van der Waals surface area contributed by atoms with Gasteiger partial charge in [0.2, 0.25) is 17.7 Å². The molecule has 0 aliphatic heterocycles. The van der Waals surface area contributed by atoms with Crippen LogP contribution in [0.25, 0.3) is 0 Å².